The van der Waals surface area contributed by atoms with Gasteiger partial charge < -0.3 is 4.74 Å². The molecule has 0 amide bonds. The van der Waals surface area contributed by atoms with Crippen LogP contribution < -0.4 is 4.74 Å². The Balaban J connectivity index is 2.81. The van der Waals surface area contributed by atoms with Gasteiger partial charge in [0.1, 0.15) is 0 Å². The average molecular weight is 218 g/mol. The molecule has 0 aliphatic carbocycles. The summed E-state index contributed by atoms with van der Waals surface area (Å²) in [6, 6.07) is 0.228. The van der Waals surface area contributed by atoms with Gasteiger partial charge in [-0.2, -0.15) is 15.0 Å². The molecule has 0 spiro atoms. The average Bonchev–Trinajstić information content (AvgIpc) is 2.14. The molecule has 70 valence electrons. The number of thioether (sulfide) groups is 1. The van der Waals surface area contributed by atoms with Crippen molar-refractivity contribution in [2.75, 3.05) is 12.9 Å². The topological polar surface area (TPSA) is 47.9 Å². The van der Waals surface area contributed by atoms with E-state index in [0.717, 1.165) is 5.75 Å². The first-order valence-corrected chi connectivity index (χ1v) is 4.82. The van der Waals surface area contributed by atoms with E-state index in [4.69, 9.17) is 16.3 Å². The predicted octanol–water partition coefficient (Wildman–Crippen LogP) is 1.81. The maximum atomic E-state index is 5.63. The van der Waals surface area contributed by atoms with Crippen LogP contribution in [0.5, 0.6) is 6.01 Å². The summed E-state index contributed by atoms with van der Waals surface area (Å²) in [5.41, 5.74) is 0. The molecule has 0 aliphatic rings. The van der Waals surface area contributed by atoms with Crippen LogP contribution in [-0.2, 0) is 0 Å². The van der Waals surface area contributed by atoms with Crippen molar-refractivity contribution < 1.29 is 4.74 Å². The lowest BCUT2D eigenvalue weighted by Crippen LogP contribution is -1.96. The molecular weight excluding hydrogens is 210 g/mol. The Hall–Kier alpha value is -0.810. The van der Waals surface area contributed by atoms with E-state index in [0.29, 0.717) is 5.16 Å². The van der Waals surface area contributed by atoms with Crippen molar-refractivity contribution in [2.24, 2.45) is 0 Å². The normalized spacial score (nSPS) is 9.69. The molecule has 1 aromatic heterocycles. The predicted molar refractivity (Wildman–Crippen MR) is 52.3 cm³/mol. The standard InChI is InChI=1S/C7H8ClN3OS/c1-3-4-13-7-10-5(8)9-6(11-7)12-2/h3H,1,4H2,2H3. The van der Waals surface area contributed by atoms with Gasteiger partial charge in [-0.15, -0.1) is 6.58 Å². The van der Waals surface area contributed by atoms with E-state index in [1.165, 1.54) is 18.9 Å². The number of nitrogens with zero attached hydrogens (tertiary/aromatic N) is 3. The van der Waals surface area contributed by atoms with Crippen molar-refractivity contribution >= 4 is 23.4 Å². The summed E-state index contributed by atoms with van der Waals surface area (Å²) in [4.78, 5) is 11.6. The zero-order chi connectivity index (χ0) is 9.68. The third-order valence-electron chi connectivity index (χ3n) is 1.08. The first-order chi connectivity index (χ1) is 6.26. The molecule has 1 aromatic rings. The summed E-state index contributed by atoms with van der Waals surface area (Å²) < 4.78 is 4.83. The molecule has 0 saturated carbocycles. The smallest absolute Gasteiger partial charge is 0.321 e. The molecule has 0 fully saturated rings. The number of aromatic nitrogens is 3. The van der Waals surface area contributed by atoms with Crippen LogP contribution in [0, 0.1) is 0 Å². The molecule has 6 heteroatoms. The highest BCUT2D eigenvalue weighted by Crippen LogP contribution is 2.16. The van der Waals surface area contributed by atoms with E-state index >= 15 is 0 Å². The molecule has 4 nitrogen and oxygen atoms in total. The van der Waals surface area contributed by atoms with Gasteiger partial charge in [0.25, 0.3) is 0 Å². The minimum atomic E-state index is 0.137. The first-order valence-electron chi connectivity index (χ1n) is 3.45. The second-order valence-corrected chi connectivity index (χ2v) is 3.30. The van der Waals surface area contributed by atoms with Crippen LogP contribution in [0.25, 0.3) is 0 Å². The summed E-state index contributed by atoms with van der Waals surface area (Å²) in [5.74, 6) is 0.726. The lowest BCUT2D eigenvalue weighted by molar-refractivity contribution is 0.373. The van der Waals surface area contributed by atoms with Gasteiger partial charge in [-0.1, -0.05) is 17.8 Å². The molecule has 13 heavy (non-hydrogen) atoms. The van der Waals surface area contributed by atoms with Crippen molar-refractivity contribution in [1.29, 1.82) is 0 Å². The van der Waals surface area contributed by atoms with E-state index in [9.17, 15) is 0 Å². The highest BCUT2D eigenvalue weighted by Gasteiger charge is 2.04. The molecule has 0 atom stereocenters. The Kier molecular flexibility index (Phi) is 3.98. The monoisotopic (exact) mass is 217 g/mol. The number of hydrogen-bond donors (Lipinski definition) is 0. The molecule has 0 N–H and O–H groups in total. The van der Waals surface area contributed by atoms with Gasteiger partial charge in [-0.3, -0.25) is 0 Å². The van der Waals surface area contributed by atoms with E-state index < -0.39 is 0 Å². The van der Waals surface area contributed by atoms with Crippen molar-refractivity contribution in [3.63, 3.8) is 0 Å². The van der Waals surface area contributed by atoms with Gasteiger partial charge in [0, 0.05) is 5.75 Å². The van der Waals surface area contributed by atoms with Gasteiger partial charge in [0.15, 0.2) is 5.16 Å². The summed E-state index contributed by atoms with van der Waals surface area (Å²) in [6.07, 6.45) is 1.76. The Morgan fingerprint density at radius 2 is 2.31 bits per heavy atom. The quantitative estimate of drug-likeness (QED) is 0.569. The van der Waals surface area contributed by atoms with Gasteiger partial charge >= 0.3 is 6.01 Å². The SMILES string of the molecule is C=CCSc1nc(Cl)nc(OC)n1. The van der Waals surface area contributed by atoms with E-state index in [2.05, 4.69) is 21.5 Å². The molecule has 0 aliphatic heterocycles. The maximum absolute atomic E-state index is 5.63. The van der Waals surface area contributed by atoms with Gasteiger partial charge in [-0.25, -0.2) is 0 Å². The third-order valence-corrected chi connectivity index (χ3v) is 2.09. The molecule has 0 unspecified atom stereocenters. The summed E-state index contributed by atoms with van der Waals surface area (Å²) in [5, 5.41) is 0.676. The lowest BCUT2D eigenvalue weighted by atomic mass is 10.8. The van der Waals surface area contributed by atoms with Crippen LogP contribution in [0.4, 0.5) is 0 Å². The van der Waals surface area contributed by atoms with Gasteiger partial charge in [0.2, 0.25) is 5.28 Å². The minimum Gasteiger partial charge on any atom is -0.467 e. The molecule has 0 bridgehead atoms. The number of ether oxygens (including phenoxy) is 1. The number of halogens is 1. The Labute approximate surface area is 85.4 Å². The Bertz CT molecular complexity index is 308. The van der Waals surface area contributed by atoms with E-state index in [1.807, 2.05) is 0 Å². The molecule has 0 aromatic carbocycles. The largest absolute Gasteiger partial charge is 0.467 e. The van der Waals surface area contributed by atoms with Crippen LogP contribution in [-0.4, -0.2) is 27.8 Å². The third kappa shape index (κ3) is 3.20. The molecule has 0 radical (unpaired) electrons. The highest BCUT2D eigenvalue weighted by atomic mass is 35.5. The molecule has 0 saturated heterocycles. The van der Waals surface area contributed by atoms with Crippen LogP contribution in [0.15, 0.2) is 17.8 Å². The zero-order valence-electron chi connectivity index (χ0n) is 7.03. The Morgan fingerprint density at radius 3 is 2.92 bits per heavy atom. The van der Waals surface area contributed by atoms with Crippen molar-refractivity contribution in [1.82, 2.24) is 15.0 Å². The number of methoxy groups -OCH3 is 1. The number of hydrogen-bond acceptors (Lipinski definition) is 5. The van der Waals surface area contributed by atoms with E-state index in [-0.39, 0.29) is 11.3 Å². The first kappa shape index (κ1) is 10.3. The van der Waals surface area contributed by atoms with Crippen molar-refractivity contribution in [3.8, 4) is 6.01 Å². The lowest BCUT2D eigenvalue weighted by Gasteiger charge is -2.00. The van der Waals surface area contributed by atoms with Crippen LogP contribution in [0.2, 0.25) is 5.28 Å². The fraction of sp³-hybridized carbons (Fsp3) is 0.286. The second kappa shape index (κ2) is 5.04. The maximum Gasteiger partial charge on any atom is 0.321 e. The molecule has 1 heterocycles. The molecular formula is C7H8ClN3OS. The minimum absolute atomic E-state index is 0.137. The van der Waals surface area contributed by atoms with Crippen LogP contribution in [0.1, 0.15) is 0 Å². The summed E-state index contributed by atoms with van der Waals surface area (Å²) in [6.45, 7) is 3.58. The fourth-order valence-electron chi connectivity index (χ4n) is 0.604. The van der Waals surface area contributed by atoms with E-state index in [1.54, 1.807) is 6.08 Å². The van der Waals surface area contributed by atoms with Crippen LogP contribution in [0.3, 0.4) is 0 Å². The summed E-state index contributed by atoms with van der Waals surface area (Å²) >= 11 is 7.05. The highest BCUT2D eigenvalue weighted by molar-refractivity contribution is 7.99. The zero-order valence-corrected chi connectivity index (χ0v) is 8.60. The van der Waals surface area contributed by atoms with Crippen LogP contribution >= 0.6 is 23.4 Å². The van der Waals surface area contributed by atoms with Gasteiger partial charge in [-0.05, 0) is 11.6 Å². The fourth-order valence-corrected chi connectivity index (χ4v) is 1.37. The van der Waals surface area contributed by atoms with Crippen molar-refractivity contribution in [2.45, 2.75) is 5.16 Å². The van der Waals surface area contributed by atoms with Crippen molar-refractivity contribution in [3.05, 3.63) is 17.9 Å². The summed E-state index contributed by atoms with van der Waals surface area (Å²) in [7, 11) is 1.48. The Morgan fingerprint density at radius 1 is 1.54 bits per heavy atom. The number of rotatable bonds is 4. The molecule has 1 rings (SSSR count). The second-order valence-electron chi connectivity index (χ2n) is 1.97. The van der Waals surface area contributed by atoms with Gasteiger partial charge in [0.05, 0.1) is 7.11 Å².